The zero-order valence-corrected chi connectivity index (χ0v) is 22.8. The molecule has 2 aromatic carbocycles. The molecule has 0 bridgehead atoms. The molecule has 5 nitrogen and oxygen atoms in total. The normalized spacial score (nSPS) is 18.2. The average molecular weight is 540 g/mol. The van der Waals surface area contributed by atoms with E-state index >= 15 is 0 Å². The Morgan fingerprint density at radius 1 is 0.892 bits per heavy atom. The predicted molar refractivity (Wildman–Crippen MR) is 145 cm³/mol. The van der Waals surface area contributed by atoms with Gasteiger partial charge >= 0.3 is 0 Å². The van der Waals surface area contributed by atoms with Crippen molar-refractivity contribution < 1.29 is 19.1 Å². The number of benzene rings is 2. The van der Waals surface area contributed by atoms with E-state index in [1.54, 1.807) is 19.2 Å². The maximum absolute atomic E-state index is 13.4. The largest absolute Gasteiger partial charge is 0.493 e. The van der Waals surface area contributed by atoms with Gasteiger partial charge in [-0.05, 0) is 61.9 Å². The van der Waals surface area contributed by atoms with Gasteiger partial charge in [0.2, 0.25) is 0 Å². The minimum atomic E-state index is -0.368. The van der Waals surface area contributed by atoms with E-state index < -0.39 is 0 Å². The number of carbonyl (C=O) groups excluding carboxylic acids is 2. The molecule has 37 heavy (non-hydrogen) atoms. The first-order chi connectivity index (χ1) is 17.9. The fourth-order valence-electron chi connectivity index (χ4n) is 5.82. The van der Waals surface area contributed by atoms with Crippen molar-refractivity contribution in [2.75, 3.05) is 13.7 Å². The van der Waals surface area contributed by atoms with Gasteiger partial charge in [0.05, 0.1) is 7.11 Å². The number of halogens is 2. The molecule has 1 aliphatic heterocycles. The highest BCUT2D eigenvalue weighted by Gasteiger charge is 2.43. The summed E-state index contributed by atoms with van der Waals surface area (Å²) in [6.07, 6.45) is 5.43. The summed E-state index contributed by atoms with van der Waals surface area (Å²) in [5.74, 6) is 1.04. The van der Waals surface area contributed by atoms with Crippen LogP contribution in [0.5, 0.6) is 11.5 Å². The van der Waals surface area contributed by atoms with Gasteiger partial charge in [0.25, 0.3) is 0 Å². The summed E-state index contributed by atoms with van der Waals surface area (Å²) in [6.45, 7) is 3.22. The number of ether oxygens (including phenoxy) is 2. The Morgan fingerprint density at radius 3 is 2.16 bits per heavy atom. The summed E-state index contributed by atoms with van der Waals surface area (Å²) in [5, 5.41) is 1.10. The lowest BCUT2D eigenvalue weighted by atomic mass is 9.71. The Hall–Kier alpha value is -2.76. The molecule has 0 fully saturated rings. The fraction of sp³-hybridized carbons (Fsp3) is 0.400. The molecule has 0 unspecified atom stereocenters. The van der Waals surface area contributed by atoms with E-state index in [0.29, 0.717) is 34.4 Å². The molecule has 0 saturated heterocycles. The maximum atomic E-state index is 13.4. The lowest BCUT2D eigenvalue weighted by Gasteiger charge is -2.44. The van der Waals surface area contributed by atoms with Crippen LogP contribution in [-0.4, -0.2) is 30.1 Å². The van der Waals surface area contributed by atoms with Gasteiger partial charge in [-0.3, -0.25) is 9.59 Å². The standard InChI is InChI=1S/C30H31Cl2NO4/c1-3-14-33-22-6-4-8-24(34)29(22)28(30-23(33)7-5-9-25(30)35)18-11-13-26(27(15-18)36-2)37-17-19-10-12-20(31)16-21(19)32/h10-13,15-16,28H,3-9,14,17H2,1-2H3. The highest BCUT2D eigenvalue weighted by atomic mass is 35.5. The summed E-state index contributed by atoms with van der Waals surface area (Å²) in [5.41, 5.74) is 5.48. The Bertz CT molecular complexity index is 1270. The first kappa shape index (κ1) is 25.9. The molecule has 194 valence electrons. The second-order valence-corrected chi connectivity index (χ2v) is 10.6. The molecule has 0 amide bonds. The van der Waals surface area contributed by atoms with Gasteiger partial charge in [-0.1, -0.05) is 42.3 Å². The monoisotopic (exact) mass is 539 g/mol. The van der Waals surface area contributed by atoms with Crippen molar-refractivity contribution in [3.05, 3.63) is 80.1 Å². The van der Waals surface area contributed by atoms with Crippen molar-refractivity contribution in [2.24, 2.45) is 0 Å². The van der Waals surface area contributed by atoms with Crippen LogP contribution in [0.4, 0.5) is 0 Å². The number of methoxy groups -OCH3 is 1. The number of allylic oxidation sites excluding steroid dienone is 4. The Balaban J connectivity index is 1.55. The second kappa shape index (κ2) is 10.9. The lowest BCUT2D eigenvalue weighted by Crippen LogP contribution is -2.39. The first-order valence-electron chi connectivity index (χ1n) is 13.0. The third-order valence-corrected chi connectivity index (χ3v) is 8.04. The van der Waals surface area contributed by atoms with Crippen LogP contribution in [0.15, 0.2) is 58.9 Å². The highest BCUT2D eigenvalue weighted by Crippen LogP contribution is 2.50. The molecule has 0 radical (unpaired) electrons. The van der Waals surface area contributed by atoms with Crippen molar-refractivity contribution in [2.45, 2.75) is 64.4 Å². The van der Waals surface area contributed by atoms with Gasteiger partial charge in [-0.15, -0.1) is 0 Å². The van der Waals surface area contributed by atoms with Gasteiger partial charge < -0.3 is 14.4 Å². The molecule has 0 atom stereocenters. The zero-order chi connectivity index (χ0) is 26.1. The molecule has 1 heterocycles. The molecule has 7 heteroatoms. The SMILES string of the molecule is CCCN1C2=C(C(=O)CCC2)C(c2ccc(OCc3ccc(Cl)cc3Cl)c(OC)c2)C2=C1CCCC2=O. The van der Waals surface area contributed by atoms with Crippen LogP contribution in [0.3, 0.4) is 0 Å². The summed E-state index contributed by atoms with van der Waals surface area (Å²) < 4.78 is 11.8. The molecule has 0 saturated carbocycles. The molecule has 0 N–H and O–H groups in total. The summed E-state index contributed by atoms with van der Waals surface area (Å²) >= 11 is 12.3. The smallest absolute Gasteiger partial charge is 0.161 e. The van der Waals surface area contributed by atoms with Gasteiger partial charge in [0.1, 0.15) is 6.61 Å². The predicted octanol–water partition coefficient (Wildman–Crippen LogP) is 7.40. The van der Waals surface area contributed by atoms with Crippen LogP contribution in [0.25, 0.3) is 0 Å². The van der Waals surface area contributed by atoms with Crippen molar-refractivity contribution in [1.29, 1.82) is 0 Å². The Kier molecular flexibility index (Phi) is 7.64. The maximum Gasteiger partial charge on any atom is 0.161 e. The van der Waals surface area contributed by atoms with Crippen LogP contribution in [0.1, 0.15) is 68.9 Å². The van der Waals surface area contributed by atoms with Gasteiger partial charge in [-0.25, -0.2) is 0 Å². The molecule has 3 aliphatic rings. The highest BCUT2D eigenvalue weighted by molar-refractivity contribution is 6.35. The van der Waals surface area contributed by atoms with E-state index in [0.717, 1.165) is 72.3 Å². The molecule has 2 aliphatic carbocycles. The second-order valence-electron chi connectivity index (χ2n) is 9.79. The molecular formula is C30H31Cl2NO4. The van der Waals surface area contributed by atoms with Crippen molar-refractivity contribution in [3.63, 3.8) is 0 Å². The van der Waals surface area contributed by atoms with Crippen LogP contribution in [0, 0.1) is 0 Å². The number of nitrogens with zero attached hydrogens (tertiary/aromatic N) is 1. The number of ketones is 2. The fourth-order valence-corrected chi connectivity index (χ4v) is 6.28. The minimum Gasteiger partial charge on any atom is -0.493 e. The third kappa shape index (κ3) is 4.92. The molecule has 0 spiro atoms. The van der Waals surface area contributed by atoms with Gasteiger partial charge in [0.15, 0.2) is 23.1 Å². The third-order valence-electron chi connectivity index (χ3n) is 7.45. The minimum absolute atomic E-state index is 0.147. The summed E-state index contributed by atoms with van der Waals surface area (Å²) in [7, 11) is 1.60. The number of rotatable bonds is 7. The molecule has 5 rings (SSSR count). The van der Waals surface area contributed by atoms with Crippen LogP contribution in [0.2, 0.25) is 10.0 Å². The van der Waals surface area contributed by atoms with Crippen molar-refractivity contribution in [1.82, 2.24) is 4.90 Å². The lowest BCUT2D eigenvalue weighted by molar-refractivity contribution is -0.117. The number of Topliss-reactive ketones (excluding diaryl/α,β-unsaturated/α-hetero) is 2. The molecule has 0 aromatic heterocycles. The van der Waals surface area contributed by atoms with Crippen LogP contribution < -0.4 is 9.47 Å². The van der Waals surface area contributed by atoms with Crippen molar-refractivity contribution >= 4 is 34.8 Å². The number of hydrogen-bond acceptors (Lipinski definition) is 5. The summed E-state index contributed by atoms with van der Waals surface area (Å²) in [6, 6.07) is 11.0. The molecular weight excluding hydrogens is 509 g/mol. The average Bonchev–Trinajstić information content (AvgIpc) is 2.89. The van der Waals surface area contributed by atoms with E-state index in [-0.39, 0.29) is 24.1 Å². The van der Waals surface area contributed by atoms with Gasteiger partial charge in [0, 0.05) is 63.5 Å². The number of carbonyl (C=O) groups is 2. The van der Waals surface area contributed by atoms with E-state index in [2.05, 4.69) is 11.8 Å². The van der Waals surface area contributed by atoms with Crippen LogP contribution >= 0.6 is 23.2 Å². The molecule has 2 aromatic rings. The van der Waals surface area contributed by atoms with Crippen LogP contribution in [-0.2, 0) is 16.2 Å². The van der Waals surface area contributed by atoms with E-state index in [9.17, 15) is 9.59 Å². The number of hydrogen-bond donors (Lipinski definition) is 0. The van der Waals surface area contributed by atoms with Crippen molar-refractivity contribution in [3.8, 4) is 11.5 Å². The van der Waals surface area contributed by atoms with E-state index in [1.807, 2.05) is 24.3 Å². The quantitative estimate of drug-likeness (QED) is 0.366. The zero-order valence-electron chi connectivity index (χ0n) is 21.2. The van der Waals surface area contributed by atoms with E-state index in [1.165, 1.54) is 0 Å². The van der Waals surface area contributed by atoms with Gasteiger partial charge in [-0.2, -0.15) is 0 Å². The Labute approximate surface area is 228 Å². The summed E-state index contributed by atoms with van der Waals surface area (Å²) in [4.78, 5) is 29.1. The van der Waals surface area contributed by atoms with E-state index in [4.69, 9.17) is 32.7 Å². The topological polar surface area (TPSA) is 55.8 Å². The Morgan fingerprint density at radius 2 is 1.57 bits per heavy atom. The first-order valence-corrected chi connectivity index (χ1v) is 13.7.